The van der Waals surface area contributed by atoms with Gasteiger partial charge in [0.1, 0.15) is 0 Å². The Morgan fingerprint density at radius 2 is 2.11 bits per heavy atom. The second-order valence-corrected chi connectivity index (χ2v) is 6.65. The first-order valence-corrected chi connectivity index (χ1v) is 8.23. The minimum Gasteiger partial charge on any atom is -0.380 e. The van der Waals surface area contributed by atoms with Crippen LogP contribution in [0.25, 0.3) is 0 Å². The van der Waals surface area contributed by atoms with Crippen LogP contribution in [-0.2, 0) is 4.74 Å². The van der Waals surface area contributed by atoms with Gasteiger partial charge < -0.3 is 15.4 Å². The lowest BCUT2D eigenvalue weighted by atomic mass is 9.76. The van der Waals surface area contributed by atoms with Crippen molar-refractivity contribution in [2.24, 2.45) is 17.6 Å². The van der Waals surface area contributed by atoms with Crippen molar-refractivity contribution in [1.82, 2.24) is 4.90 Å². The van der Waals surface area contributed by atoms with Crippen LogP contribution in [0.1, 0.15) is 51.9 Å². The van der Waals surface area contributed by atoms with Crippen molar-refractivity contribution < 1.29 is 4.74 Å². The third-order valence-electron chi connectivity index (χ3n) is 5.14. The molecule has 112 valence electrons. The summed E-state index contributed by atoms with van der Waals surface area (Å²) in [6.45, 7) is 5.85. The molecule has 0 amide bonds. The van der Waals surface area contributed by atoms with E-state index in [2.05, 4.69) is 11.8 Å². The molecule has 2 fully saturated rings. The zero-order chi connectivity index (χ0) is 13.7. The highest BCUT2D eigenvalue weighted by atomic mass is 16.5. The van der Waals surface area contributed by atoms with Crippen molar-refractivity contribution in [3.05, 3.63) is 0 Å². The molecular weight excluding hydrogens is 236 g/mol. The Kier molecular flexibility index (Phi) is 6.11. The quantitative estimate of drug-likeness (QED) is 0.833. The third-order valence-corrected chi connectivity index (χ3v) is 5.14. The van der Waals surface area contributed by atoms with E-state index in [1.54, 1.807) is 0 Å². The highest BCUT2D eigenvalue weighted by molar-refractivity contribution is 4.86. The molecule has 2 N–H and O–H groups in total. The van der Waals surface area contributed by atoms with Gasteiger partial charge in [-0.05, 0) is 50.5 Å². The fourth-order valence-electron chi connectivity index (χ4n) is 3.97. The molecule has 2 aliphatic rings. The summed E-state index contributed by atoms with van der Waals surface area (Å²) in [6, 6.07) is 0.427. The van der Waals surface area contributed by atoms with Crippen LogP contribution in [0.4, 0.5) is 0 Å². The molecule has 1 saturated carbocycles. The highest BCUT2D eigenvalue weighted by Gasteiger charge is 2.30. The first-order valence-electron chi connectivity index (χ1n) is 8.23. The first-order chi connectivity index (χ1) is 9.22. The van der Waals surface area contributed by atoms with Gasteiger partial charge in [-0.3, -0.25) is 0 Å². The number of ether oxygens (including phenoxy) is 1. The zero-order valence-electron chi connectivity index (χ0n) is 12.8. The van der Waals surface area contributed by atoms with E-state index in [-0.39, 0.29) is 0 Å². The monoisotopic (exact) mass is 268 g/mol. The van der Waals surface area contributed by atoms with E-state index in [9.17, 15) is 0 Å². The molecule has 0 aromatic carbocycles. The number of hydrogen-bond acceptors (Lipinski definition) is 3. The summed E-state index contributed by atoms with van der Waals surface area (Å²) < 4.78 is 5.52. The van der Waals surface area contributed by atoms with E-state index >= 15 is 0 Å². The van der Waals surface area contributed by atoms with Crippen LogP contribution in [0, 0.1) is 11.8 Å². The summed E-state index contributed by atoms with van der Waals surface area (Å²) in [7, 11) is 1.85. The van der Waals surface area contributed by atoms with Crippen molar-refractivity contribution in [3.63, 3.8) is 0 Å². The molecule has 19 heavy (non-hydrogen) atoms. The third kappa shape index (κ3) is 4.44. The van der Waals surface area contributed by atoms with Gasteiger partial charge in [0, 0.05) is 26.2 Å². The van der Waals surface area contributed by atoms with E-state index < -0.39 is 0 Å². The topological polar surface area (TPSA) is 38.5 Å². The summed E-state index contributed by atoms with van der Waals surface area (Å²) >= 11 is 0. The molecule has 4 unspecified atom stereocenters. The average Bonchev–Trinajstić information content (AvgIpc) is 2.43. The maximum Gasteiger partial charge on any atom is 0.0698 e. The van der Waals surface area contributed by atoms with Gasteiger partial charge in [0.25, 0.3) is 0 Å². The lowest BCUT2D eigenvalue weighted by molar-refractivity contribution is 0.0199. The van der Waals surface area contributed by atoms with Crippen LogP contribution < -0.4 is 5.73 Å². The minimum absolute atomic E-state index is 0.427. The molecule has 0 aromatic rings. The number of methoxy groups -OCH3 is 1. The van der Waals surface area contributed by atoms with Crippen LogP contribution in [0.3, 0.4) is 0 Å². The van der Waals surface area contributed by atoms with Crippen LogP contribution in [0.5, 0.6) is 0 Å². The molecule has 3 heteroatoms. The first kappa shape index (κ1) is 15.3. The Balaban J connectivity index is 1.82. The molecule has 3 nitrogen and oxygen atoms in total. The predicted molar refractivity (Wildman–Crippen MR) is 80.2 cm³/mol. The Hall–Kier alpha value is -0.120. The van der Waals surface area contributed by atoms with Crippen molar-refractivity contribution in [2.75, 3.05) is 26.7 Å². The van der Waals surface area contributed by atoms with Crippen LogP contribution in [0.2, 0.25) is 0 Å². The standard InChI is InChI=1S/C16H32N2O/c1-3-5-13-7-8-16(17)14(10-13)11-18-9-4-6-15(12-18)19-2/h13-16H,3-12,17H2,1-2H3. The van der Waals surface area contributed by atoms with Gasteiger partial charge in [-0.1, -0.05) is 19.8 Å². The Labute approximate surface area is 118 Å². The van der Waals surface area contributed by atoms with Gasteiger partial charge in [0.2, 0.25) is 0 Å². The number of likely N-dealkylation sites (tertiary alicyclic amines) is 1. The largest absolute Gasteiger partial charge is 0.380 e. The molecule has 4 atom stereocenters. The number of piperidine rings is 1. The van der Waals surface area contributed by atoms with E-state index in [1.807, 2.05) is 7.11 Å². The fourth-order valence-corrected chi connectivity index (χ4v) is 3.97. The number of rotatable bonds is 5. The van der Waals surface area contributed by atoms with Crippen molar-refractivity contribution in [3.8, 4) is 0 Å². The van der Waals surface area contributed by atoms with E-state index in [1.165, 1.54) is 58.0 Å². The van der Waals surface area contributed by atoms with Gasteiger partial charge in [-0.2, -0.15) is 0 Å². The van der Waals surface area contributed by atoms with Crippen LogP contribution in [-0.4, -0.2) is 43.8 Å². The van der Waals surface area contributed by atoms with Gasteiger partial charge in [-0.25, -0.2) is 0 Å². The second-order valence-electron chi connectivity index (χ2n) is 6.65. The SMILES string of the molecule is CCCC1CCC(N)C(CN2CCCC(OC)C2)C1. The van der Waals surface area contributed by atoms with Gasteiger partial charge in [-0.15, -0.1) is 0 Å². The maximum atomic E-state index is 6.36. The summed E-state index contributed by atoms with van der Waals surface area (Å²) in [5.41, 5.74) is 6.36. The lowest BCUT2D eigenvalue weighted by Crippen LogP contribution is -2.47. The van der Waals surface area contributed by atoms with Gasteiger partial charge >= 0.3 is 0 Å². The summed E-state index contributed by atoms with van der Waals surface area (Å²) in [6.07, 6.45) is 9.60. The average molecular weight is 268 g/mol. The highest BCUT2D eigenvalue weighted by Crippen LogP contribution is 2.32. The fraction of sp³-hybridized carbons (Fsp3) is 1.00. The molecule has 0 radical (unpaired) electrons. The zero-order valence-corrected chi connectivity index (χ0v) is 12.8. The Bertz CT molecular complexity index is 259. The second kappa shape index (κ2) is 7.61. The Morgan fingerprint density at radius 3 is 2.84 bits per heavy atom. The molecule has 1 aliphatic carbocycles. The maximum absolute atomic E-state index is 6.36. The van der Waals surface area contributed by atoms with Gasteiger partial charge in [0.15, 0.2) is 0 Å². The summed E-state index contributed by atoms with van der Waals surface area (Å²) in [5, 5.41) is 0. The van der Waals surface area contributed by atoms with Gasteiger partial charge in [0.05, 0.1) is 6.10 Å². The lowest BCUT2D eigenvalue weighted by Gasteiger charge is -2.39. The summed E-state index contributed by atoms with van der Waals surface area (Å²) in [5.74, 6) is 1.64. The number of nitrogens with zero attached hydrogens (tertiary/aromatic N) is 1. The van der Waals surface area contributed by atoms with E-state index in [0.717, 1.165) is 12.5 Å². The summed E-state index contributed by atoms with van der Waals surface area (Å²) in [4.78, 5) is 2.59. The van der Waals surface area contributed by atoms with E-state index in [4.69, 9.17) is 10.5 Å². The van der Waals surface area contributed by atoms with Crippen LogP contribution in [0.15, 0.2) is 0 Å². The molecule has 0 aromatic heterocycles. The number of nitrogens with two attached hydrogens (primary N) is 1. The Morgan fingerprint density at radius 1 is 1.26 bits per heavy atom. The predicted octanol–water partition coefficient (Wildman–Crippen LogP) is 2.64. The smallest absolute Gasteiger partial charge is 0.0698 e. The molecular formula is C16H32N2O. The molecule has 1 saturated heterocycles. The van der Waals surface area contributed by atoms with Crippen molar-refractivity contribution in [1.29, 1.82) is 0 Å². The molecule has 0 bridgehead atoms. The minimum atomic E-state index is 0.427. The normalized spacial score (nSPS) is 37.4. The van der Waals surface area contributed by atoms with Crippen LogP contribution >= 0.6 is 0 Å². The molecule has 1 aliphatic heterocycles. The molecule has 1 heterocycles. The molecule has 0 spiro atoms. The number of hydrogen-bond donors (Lipinski definition) is 1. The van der Waals surface area contributed by atoms with Crippen molar-refractivity contribution >= 4 is 0 Å². The van der Waals surface area contributed by atoms with Crippen molar-refractivity contribution in [2.45, 2.75) is 64.0 Å². The van der Waals surface area contributed by atoms with E-state index in [0.29, 0.717) is 18.1 Å². The molecule has 2 rings (SSSR count).